The summed E-state index contributed by atoms with van der Waals surface area (Å²) >= 11 is 0. The molecule has 0 saturated carbocycles. The van der Waals surface area contributed by atoms with E-state index in [1.165, 1.54) is 0 Å². The molecule has 6 heteroatoms. The number of ether oxygens (including phenoxy) is 1. The molecule has 2 N–H and O–H groups in total. The Morgan fingerprint density at radius 1 is 1.32 bits per heavy atom. The third-order valence-electron chi connectivity index (χ3n) is 2.90. The zero-order chi connectivity index (χ0) is 14.0. The normalized spacial score (nSPS) is 11.2. The molecule has 0 atom stereocenters. The van der Waals surface area contributed by atoms with Gasteiger partial charge >= 0.3 is 0 Å². The van der Waals surface area contributed by atoms with Gasteiger partial charge in [0.05, 0.1) is 5.69 Å². The van der Waals surface area contributed by atoms with Crippen molar-refractivity contribution >= 4 is 16.9 Å². The van der Waals surface area contributed by atoms with Crippen molar-refractivity contribution in [2.75, 3.05) is 52.0 Å². The molecule has 2 aromatic heterocycles. The van der Waals surface area contributed by atoms with Crippen LogP contribution in [0.15, 0.2) is 18.3 Å². The number of nitrogen functional groups attached to an aromatic ring is 1. The highest BCUT2D eigenvalue weighted by Gasteiger charge is 2.15. The lowest BCUT2D eigenvalue weighted by molar-refractivity contribution is 0.254. The maximum absolute atomic E-state index is 6.15. The Balaban J connectivity index is 2.32. The van der Waals surface area contributed by atoms with Gasteiger partial charge in [-0.2, -0.15) is 0 Å². The lowest BCUT2D eigenvalue weighted by atomic mass is 10.3. The molecule has 0 aliphatic carbocycles. The van der Waals surface area contributed by atoms with Crippen molar-refractivity contribution in [2.45, 2.75) is 0 Å². The van der Waals surface area contributed by atoms with E-state index in [9.17, 15) is 0 Å². The van der Waals surface area contributed by atoms with E-state index in [0.29, 0.717) is 18.2 Å². The van der Waals surface area contributed by atoms with E-state index in [2.05, 4.69) is 10.00 Å². The molecule has 0 bridgehead atoms. The minimum Gasteiger partial charge on any atom is -0.474 e. The van der Waals surface area contributed by atoms with Crippen molar-refractivity contribution in [3.63, 3.8) is 0 Å². The first kappa shape index (κ1) is 13.5. The van der Waals surface area contributed by atoms with Crippen LogP contribution < -0.4 is 15.4 Å². The van der Waals surface area contributed by atoms with Crippen LogP contribution in [0.4, 0.5) is 11.4 Å². The van der Waals surface area contributed by atoms with Gasteiger partial charge in [-0.3, -0.25) is 0 Å². The van der Waals surface area contributed by atoms with Crippen molar-refractivity contribution < 1.29 is 4.74 Å². The molecule has 0 saturated heterocycles. The number of hydrogen-bond donors (Lipinski definition) is 1. The highest BCUT2D eigenvalue weighted by molar-refractivity contribution is 5.87. The third-order valence-corrected chi connectivity index (χ3v) is 2.90. The van der Waals surface area contributed by atoms with Crippen molar-refractivity contribution in [3.05, 3.63) is 18.3 Å². The first-order valence-electron chi connectivity index (χ1n) is 6.22. The SMILES string of the molecule is CN(C)CCOc1nn2cccc(N(C)C)c2c1N. The first-order valence-corrected chi connectivity index (χ1v) is 6.22. The number of aromatic nitrogens is 2. The summed E-state index contributed by atoms with van der Waals surface area (Å²) in [4.78, 5) is 4.06. The van der Waals surface area contributed by atoms with E-state index in [-0.39, 0.29) is 0 Å². The topological polar surface area (TPSA) is 59.0 Å². The van der Waals surface area contributed by atoms with Gasteiger partial charge in [0.1, 0.15) is 17.8 Å². The van der Waals surface area contributed by atoms with Crippen LogP contribution in [0.5, 0.6) is 5.88 Å². The van der Waals surface area contributed by atoms with E-state index < -0.39 is 0 Å². The fraction of sp³-hybridized carbons (Fsp3) is 0.462. The molecule has 0 fully saturated rings. The fourth-order valence-corrected chi connectivity index (χ4v) is 1.88. The summed E-state index contributed by atoms with van der Waals surface area (Å²) < 4.78 is 7.41. The van der Waals surface area contributed by atoms with Crippen LogP contribution in [0.3, 0.4) is 0 Å². The van der Waals surface area contributed by atoms with E-state index in [1.54, 1.807) is 4.52 Å². The number of rotatable bonds is 5. The van der Waals surface area contributed by atoms with Gasteiger partial charge in [0, 0.05) is 26.8 Å². The molecule has 0 aromatic carbocycles. The molecule has 0 unspecified atom stereocenters. The Hall–Kier alpha value is -1.95. The summed E-state index contributed by atoms with van der Waals surface area (Å²) in [6.45, 7) is 1.40. The molecule has 0 aliphatic rings. The minimum absolute atomic E-state index is 0.496. The second-order valence-corrected chi connectivity index (χ2v) is 4.95. The summed E-state index contributed by atoms with van der Waals surface area (Å²) in [5.41, 5.74) is 8.64. The molecule has 6 nitrogen and oxygen atoms in total. The van der Waals surface area contributed by atoms with Crippen LogP contribution in [0.2, 0.25) is 0 Å². The quantitative estimate of drug-likeness (QED) is 0.869. The van der Waals surface area contributed by atoms with Gasteiger partial charge < -0.3 is 20.3 Å². The Morgan fingerprint density at radius 2 is 2.05 bits per heavy atom. The summed E-state index contributed by atoms with van der Waals surface area (Å²) in [7, 11) is 7.96. The van der Waals surface area contributed by atoms with Crippen LogP contribution in [0, 0.1) is 0 Å². The Bertz CT molecular complexity index is 561. The molecular formula is C13H21N5O. The van der Waals surface area contributed by atoms with Gasteiger partial charge in [0.15, 0.2) is 0 Å². The summed E-state index contributed by atoms with van der Waals surface area (Å²) in [5, 5.41) is 4.38. The number of nitrogens with two attached hydrogens (primary N) is 1. The molecule has 2 aromatic rings. The maximum atomic E-state index is 6.15. The van der Waals surface area contributed by atoms with Gasteiger partial charge in [-0.25, -0.2) is 4.52 Å². The number of nitrogens with zero attached hydrogens (tertiary/aromatic N) is 4. The summed E-state index contributed by atoms with van der Waals surface area (Å²) in [5.74, 6) is 0.496. The van der Waals surface area contributed by atoms with Crippen LogP contribution in [-0.4, -0.2) is 55.9 Å². The van der Waals surface area contributed by atoms with Crippen molar-refractivity contribution in [1.82, 2.24) is 14.5 Å². The van der Waals surface area contributed by atoms with Crippen LogP contribution >= 0.6 is 0 Å². The highest BCUT2D eigenvalue weighted by Crippen LogP contribution is 2.31. The van der Waals surface area contributed by atoms with Gasteiger partial charge in [0.25, 0.3) is 5.88 Å². The number of fused-ring (bicyclic) bond motifs is 1. The summed E-state index contributed by atoms with van der Waals surface area (Å²) in [6, 6.07) is 3.95. The largest absolute Gasteiger partial charge is 0.474 e. The van der Waals surface area contributed by atoms with Crippen molar-refractivity contribution in [2.24, 2.45) is 0 Å². The maximum Gasteiger partial charge on any atom is 0.257 e. The Labute approximate surface area is 113 Å². The van der Waals surface area contributed by atoms with Gasteiger partial charge in [-0.15, -0.1) is 5.10 Å². The zero-order valence-electron chi connectivity index (χ0n) is 11.9. The van der Waals surface area contributed by atoms with E-state index in [4.69, 9.17) is 10.5 Å². The molecule has 104 valence electrons. The van der Waals surface area contributed by atoms with E-state index >= 15 is 0 Å². The Kier molecular flexibility index (Phi) is 3.80. The Morgan fingerprint density at radius 3 is 2.68 bits per heavy atom. The van der Waals surface area contributed by atoms with E-state index in [1.807, 2.05) is 51.4 Å². The second kappa shape index (κ2) is 5.36. The average molecular weight is 263 g/mol. The van der Waals surface area contributed by atoms with Gasteiger partial charge in [-0.1, -0.05) is 0 Å². The zero-order valence-corrected chi connectivity index (χ0v) is 11.9. The molecule has 2 rings (SSSR count). The third kappa shape index (κ3) is 2.73. The number of pyridine rings is 1. The fourth-order valence-electron chi connectivity index (χ4n) is 1.88. The molecule has 19 heavy (non-hydrogen) atoms. The molecule has 0 spiro atoms. The minimum atomic E-state index is 0.496. The lowest BCUT2D eigenvalue weighted by Gasteiger charge is -2.13. The van der Waals surface area contributed by atoms with Gasteiger partial charge in [0.2, 0.25) is 0 Å². The average Bonchev–Trinajstić information content (AvgIpc) is 2.66. The van der Waals surface area contributed by atoms with Crippen molar-refractivity contribution in [1.29, 1.82) is 0 Å². The molecule has 0 radical (unpaired) electrons. The standard InChI is InChI=1S/C13H21N5O/c1-16(2)8-9-19-13-11(14)12-10(17(3)4)6-5-7-18(12)15-13/h5-7H,8-9,14H2,1-4H3. The molecule has 0 aliphatic heterocycles. The van der Waals surface area contributed by atoms with Crippen LogP contribution in [0.1, 0.15) is 0 Å². The van der Waals surface area contributed by atoms with Crippen molar-refractivity contribution in [3.8, 4) is 5.88 Å². The molecule has 0 amide bonds. The predicted molar refractivity (Wildman–Crippen MR) is 78.0 cm³/mol. The first-order chi connectivity index (χ1) is 9.00. The monoisotopic (exact) mass is 263 g/mol. The number of likely N-dealkylation sites (N-methyl/N-ethyl adjacent to an activating group) is 1. The predicted octanol–water partition coefficient (Wildman–Crippen LogP) is 0.923. The molecule has 2 heterocycles. The smallest absolute Gasteiger partial charge is 0.257 e. The number of hydrogen-bond acceptors (Lipinski definition) is 5. The highest BCUT2D eigenvalue weighted by atomic mass is 16.5. The molecular weight excluding hydrogens is 242 g/mol. The van der Waals surface area contributed by atoms with Crippen LogP contribution in [-0.2, 0) is 0 Å². The second-order valence-electron chi connectivity index (χ2n) is 4.95. The lowest BCUT2D eigenvalue weighted by Crippen LogP contribution is -2.19. The van der Waals surface area contributed by atoms with E-state index in [0.717, 1.165) is 17.7 Å². The van der Waals surface area contributed by atoms with Gasteiger partial charge in [-0.05, 0) is 26.2 Å². The summed E-state index contributed by atoms with van der Waals surface area (Å²) in [6.07, 6.45) is 1.87. The number of anilines is 2. The van der Waals surface area contributed by atoms with Crippen LogP contribution in [0.25, 0.3) is 5.52 Å².